The monoisotopic (exact) mass is 242 g/mol. The Hall–Kier alpha value is -1.26. The van der Waals surface area contributed by atoms with Crippen LogP contribution in [0.1, 0.15) is 12.0 Å². The molecule has 0 aliphatic carbocycles. The number of amides is 1. The summed E-state index contributed by atoms with van der Waals surface area (Å²) in [5.74, 6) is 0.686. The Kier molecular flexibility index (Phi) is 5.08. The van der Waals surface area contributed by atoms with Gasteiger partial charge in [-0.05, 0) is 30.2 Å². The van der Waals surface area contributed by atoms with Crippen LogP contribution in [-0.4, -0.2) is 20.1 Å². The van der Waals surface area contributed by atoms with Crippen LogP contribution in [0.4, 0.5) is 0 Å². The summed E-state index contributed by atoms with van der Waals surface area (Å²) in [5, 5.41) is 0.643. The Morgan fingerprint density at radius 3 is 2.88 bits per heavy atom. The molecule has 0 unspecified atom stereocenters. The van der Waals surface area contributed by atoms with E-state index in [-0.39, 0.29) is 5.91 Å². The molecule has 0 aliphatic rings. The summed E-state index contributed by atoms with van der Waals surface area (Å²) in [6.07, 6.45) is 0.981. The van der Waals surface area contributed by atoms with E-state index in [1.165, 1.54) is 0 Å². The maximum Gasteiger partial charge on any atom is 0.234 e. The molecular formula is C11H15ClN2O2. The van der Waals surface area contributed by atoms with Crippen molar-refractivity contribution in [2.45, 2.75) is 12.8 Å². The zero-order chi connectivity index (χ0) is 12.0. The van der Waals surface area contributed by atoms with Gasteiger partial charge in [0, 0.05) is 18.5 Å². The summed E-state index contributed by atoms with van der Waals surface area (Å²) in [7, 11) is 3.25. The first-order valence-corrected chi connectivity index (χ1v) is 5.33. The summed E-state index contributed by atoms with van der Waals surface area (Å²) in [6, 6.07) is 5.37. The average molecular weight is 243 g/mol. The van der Waals surface area contributed by atoms with Gasteiger partial charge >= 0.3 is 0 Å². The number of carbonyl (C=O) groups excluding carboxylic acids is 1. The molecule has 0 spiro atoms. The fourth-order valence-corrected chi connectivity index (χ4v) is 1.59. The van der Waals surface area contributed by atoms with E-state index in [0.29, 0.717) is 17.9 Å². The van der Waals surface area contributed by atoms with Gasteiger partial charge in [0.25, 0.3) is 0 Å². The molecule has 0 heterocycles. The van der Waals surface area contributed by atoms with Crippen LogP contribution in [0.15, 0.2) is 18.2 Å². The number of ether oxygens (including phenoxy) is 1. The molecule has 0 aromatic heterocycles. The number of aryl methyl sites for hydroxylation is 1. The average Bonchev–Trinajstić information content (AvgIpc) is 2.27. The molecule has 1 aromatic rings. The molecule has 0 atom stereocenters. The van der Waals surface area contributed by atoms with E-state index in [2.05, 4.69) is 10.9 Å². The van der Waals surface area contributed by atoms with Gasteiger partial charge in [-0.2, -0.15) is 0 Å². The zero-order valence-corrected chi connectivity index (χ0v) is 10.1. The molecule has 5 heteroatoms. The van der Waals surface area contributed by atoms with E-state index in [4.69, 9.17) is 16.3 Å². The van der Waals surface area contributed by atoms with Crippen molar-refractivity contribution in [3.8, 4) is 5.75 Å². The van der Waals surface area contributed by atoms with Gasteiger partial charge in [0.05, 0.1) is 7.11 Å². The Morgan fingerprint density at radius 1 is 1.50 bits per heavy atom. The van der Waals surface area contributed by atoms with Crippen LogP contribution in [0.25, 0.3) is 0 Å². The molecule has 0 saturated heterocycles. The highest BCUT2D eigenvalue weighted by Crippen LogP contribution is 2.23. The third kappa shape index (κ3) is 3.72. The van der Waals surface area contributed by atoms with Crippen molar-refractivity contribution < 1.29 is 9.53 Å². The Bertz CT molecular complexity index is 369. The van der Waals surface area contributed by atoms with Crippen molar-refractivity contribution in [1.29, 1.82) is 0 Å². The predicted octanol–water partition coefficient (Wildman–Crippen LogP) is 1.53. The van der Waals surface area contributed by atoms with E-state index >= 15 is 0 Å². The number of carbonyl (C=O) groups is 1. The van der Waals surface area contributed by atoms with E-state index in [1.54, 1.807) is 26.3 Å². The molecule has 2 N–H and O–H groups in total. The quantitative estimate of drug-likeness (QED) is 0.770. The van der Waals surface area contributed by atoms with Crippen LogP contribution in [0.5, 0.6) is 5.75 Å². The maximum atomic E-state index is 11.3. The first-order valence-electron chi connectivity index (χ1n) is 4.95. The Labute approximate surface area is 99.9 Å². The summed E-state index contributed by atoms with van der Waals surface area (Å²) in [5.41, 5.74) is 6.02. The van der Waals surface area contributed by atoms with Crippen LogP contribution in [-0.2, 0) is 11.2 Å². The summed E-state index contributed by atoms with van der Waals surface area (Å²) in [6.45, 7) is 0. The van der Waals surface area contributed by atoms with E-state index in [1.807, 2.05) is 6.07 Å². The van der Waals surface area contributed by atoms with Crippen LogP contribution in [0, 0.1) is 0 Å². The zero-order valence-electron chi connectivity index (χ0n) is 9.34. The predicted molar refractivity (Wildman–Crippen MR) is 63.5 cm³/mol. The molecule has 1 aromatic carbocycles. The van der Waals surface area contributed by atoms with Crippen molar-refractivity contribution in [3.63, 3.8) is 0 Å². The molecule has 1 amide bonds. The van der Waals surface area contributed by atoms with Gasteiger partial charge in [-0.25, -0.2) is 5.43 Å². The van der Waals surface area contributed by atoms with E-state index < -0.39 is 0 Å². The first-order chi connectivity index (χ1) is 7.67. The van der Waals surface area contributed by atoms with Crippen LogP contribution in [0.3, 0.4) is 0 Å². The van der Waals surface area contributed by atoms with Gasteiger partial charge in [0.15, 0.2) is 0 Å². The molecule has 1 rings (SSSR count). The standard InChI is InChI=1S/C11H15ClN2O2/c1-13-14-11(15)6-3-8-7-9(12)4-5-10(8)16-2/h4-5,7,13H,3,6H2,1-2H3,(H,14,15). The molecule has 0 radical (unpaired) electrons. The number of halogens is 1. The molecule has 16 heavy (non-hydrogen) atoms. The summed E-state index contributed by atoms with van der Waals surface area (Å²) < 4.78 is 5.19. The van der Waals surface area contributed by atoms with Crippen molar-refractivity contribution in [2.75, 3.05) is 14.2 Å². The normalized spacial score (nSPS) is 9.94. The fourth-order valence-electron chi connectivity index (χ4n) is 1.39. The molecule has 4 nitrogen and oxygen atoms in total. The second kappa shape index (κ2) is 6.35. The van der Waals surface area contributed by atoms with Gasteiger partial charge in [-0.1, -0.05) is 11.6 Å². The highest BCUT2D eigenvalue weighted by Gasteiger charge is 2.06. The minimum atomic E-state index is -0.0653. The van der Waals surface area contributed by atoms with Gasteiger partial charge in [-0.15, -0.1) is 0 Å². The summed E-state index contributed by atoms with van der Waals surface area (Å²) in [4.78, 5) is 11.3. The molecular weight excluding hydrogens is 228 g/mol. The lowest BCUT2D eigenvalue weighted by molar-refractivity contribution is -0.121. The van der Waals surface area contributed by atoms with Crippen molar-refractivity contribution in [3.05, 3.63) is 28.8 Å². The SMILES string of the molecule is CNNC(=O)CCc1cc(Cl)ccc1OC. The molecule has 0 bridgehead atoms. The van der Waals surface area contributed by atoms with Crippen molar-refractivity contribution in [1.82, 2.24) is 10.9 Å². The third-order valence-corrected chi connectivity index (χ3v) is 2.36. The highest BCUT2D eigenvalue weighted by molar-refractivity contribution is 6.30. The lowest BCUT2D eigenvalue weighted by Crippen LogP contribution is -2.34. The Morgan fingerprint density at radius 2 is 2.25 bits per heavy atom. The molecule has 0 aliphatic heterocycles. The number of hydrazine groups is 1. The van der Waals surface area contributed by atoms with E-state index in [0.717, 1.165) is 11.3 Å². The number of hydrogen-bond donors (Lipinski definition) is 2. The Balaban J connectivity index is 2.65. The van der Waals surface area contributed by atoms with Gasteiger partial charge in [0.2, 0.25) is 5.91 Å². The lowest BCUT2D eigenvalue weighted by Gasteiger charge is -2.08. The molecule has 88 valence electrons. The van der Waals surface area contributed by atoms with Crippen molar-refractivity contribution in [2.24, 2.45) is 0 Å². The van der Waals surface area contributed by atoms with Gasteiger partial charge < -0.3 is 4.74 Å². The van der Waals surface area contributed by atoms with Gasteiger partial charge in [0.1, 0.15) is 5.75 Å². The second-order valence-electron chi connectivity index (χ2n) is 3.25. The summed E-state index contributed by atoms with van der Waals surface area (Å²) >= 11 is 5.88. The number of nitrogens with one attached hydrogen (secondary N) is 2. The maximum absolute atomic E-state index is 11.3. The van der Waals surface area contributed by atoms with Gasteiger partial charge in [-0.3, -0.25) is 10.2 Å². The van der Waals surface area contributed by atoms with Crippen molar-refractivity contribution >= 4 is 17.5 Å². The smallest absolute Gasteiger partial charge is 0.234 e. The second-order valence-corrected chi connectivity index (χ2v) is 3.69. The molecule has 0 fully saturated rings. The lowest BCUT2D eigenvalue weighted by atomic mass is 10.1. The third-order valence-electron chi connectivity index (χ3n) is 2.13. The highest BCUT2D eigenvalue weighted by atomic mass is 35.5. The van der Waals surface area contributed by atoms with Crippen LogP contribution < -0.4 is 15.6 Å². The largest absolute Gasteiger partial charge is 0.496 e. The van der Waals surface area contributed by atoms with Crippen LogP contribution >= 0.6 is 11.6 Å². The number of benzene rings is 1. The number of methoxy groups -OCH3 is 1. The minimum absolute atomic E-state index is 0.0653. The van der Waals surface area contributed by atoms with E-state index in [9.17, 15) is 4.79 Å². The number of rotatable bonds is 5. The first kappa shape index (κ1) is 12.8. The fraction of sp³-hybridized carbons (Fsp3) is 0.364. The topological polar surface area (TPSA) is 50.4 Å². The number of hydrogen-bond acceptors (Lipinski definition) is 3. The molecule has 0 saturated carbocycles. The minimum Gasteiger partial charge on any atom is -0.496 e. The van der Waals surface area contributed by atoms with Crippen LogP contribution in [0.2, 0.25) is 5.02 Å².